The maximum absolute atomic E-state index is 12.7. The van der Waals surface area contributed by atoms with Crippen molar-refractivity contribution in [3.8, 4) is 0 Å². The highest BCUT2D eigenvalue weighted by molar-refractivity contribution is 5.69. The van der Waals surface area contributed by atoms with Crippen molar-refractivity contribution in [2.45, 2.75) is 25.2 Å². The fraction of sp³-hybridized carbons (Fsp3) is 0.889. The van der Waals surface area contributed by atoms with E-state index in [-0.39, 0.29) is 11.9 Å². The lowest BCUT2D eigenvalue weighted by atomic mass is 9.99. The number of fused-ring (bicyclic) bond motifs is 1. The van der Waals surface area contributed by atoms with Gasteiger partial charge >= 0.3 is 5.97 Å². The van der Waals surface area contributed by atoms with Gasteiger partial charge in [-0.15, -0.1) is 0 Å². The molecule has 0 N–H and O–H groups in total. The second kappa shape index (κ2) is 2.66. The van der Waals surface area contributed by atoms with Gasteiger partial charge in [-0.1, -0.05) is 0 Å². The van der Waals surface area contributed by atoms with Crippen LogP contribution < -0.4 is 0 Å². The number of carbonyl (C=O) groups is 1. The van der Waals surface area contributed by atoms with E-state index in [1.807, 2.05) is 0 Å². The number of esters is 1. The lowest BCUT2D eigenvalue weighted by Crippen LogP contribution is -2.13. The second-order valence-corrected chi connectivity index (χ2v) is 4.01. The monoisotopic (exact) mass is 190 g/mol. The predicted molar refractivity (Wildman–Crippen MR) is 41.3 cm³/mol. The first kappa shape index (κ1) is 8.91. The Balaban J connectivity index is 1.81. The highest BCUT2D eigenvalue weighted by atomic mass is 19.3. The SMILES string of the molecule is COC(=O)CC1CC2C(C1)C2(F)F. The standard InChI is InChI=1S/C9H12F2O2/c1-13-8(12)4-5-2-6-7(3-5)9(6,10)11/h5-7H,2-4H2,1H3. The number of rotatable bonds is 2. The van der Waals surface area contributed by atoms with Gasteiger partial charge in [0.15, 0.2) is 0 Å². The summed E-state index contributed by atoms with van der Waals surface area (Å²) in [5, 5.41) is 0. The van der Waals surface area contributed by atoms with Gasteiger partial charge in [0.1, 0.15) is 0 Å². The molecule has 0 heterocycles. The molecule has 0 spiro atoms. The molecule has 2 nitrogen and oxygen atoms in total. The van der Waals surface area contributed by atoms with E-state index in [1.54, 1.807) is 0 Å². The summed E-state index contributed by atoms with van der Waals surface area (Å²) in [5.41, 5.74) is 0. The lowest BCUT2D eigenvalue weighted by molar-refractivity contribution is -0.141. The molecular weight excluding hydrogens is 178 g/mol. The predicted octanol–water partition coefficient (Wildman–Crippen LogP) is 1.84. The Bertz CT molecular complexity index is 226. The summed E-state index contributed by atoms with van der Waals surface area (Å²) in [7, 11) is 1.33. The van der Waals surface area contributed by atoms with E-state index in [0.717, 1.165) is 0 Å². The van der Waals surface area contributed by atoms with Crippen LogP contribution in [0.15, 0.2) is 0 Å². The number of ether oxygens (including phenoxy) is 1. The zero-order valence-corrected chi connectivity index (χ0v) is 7.43. The van der Waals surface area contributed by atoms with Crippen molar-refractivity contribution in [3.05, 3.63) is 0 Å². The van der Waals surface area contributed by atoms with Gasteiger partial charge in [0.25, 0.3) is 5.92 Å². The minimum absolute atomic E-state index is 0.127. The van der Waals surface area contributed by atoms with E-state index in [9.17, 15) is 13.6 Å². The molecule has 0 radical (unpaired) electrons. The molecule has 2 rings (SSSR count). The van der Waals surface area contributed by atoms with Crippen molar-refractivity contribution in [1.82, 2.24) is 0 Å². The second-order valence-electron chi connectivity index (χ2n) is 4.01. The van der Waals surface area contributed by atoms with Crippen LogP contribution in [0.1, 0.15) is 19.3 Å². The molecule has 0 aromatic heterocycles. The van der Waals surface area contributed by atoms with Crippen LogP contribution in [-0.2, 0) is 9.53 Å². The molecule has 2 aliphatic rings. The van der Waals surface area contributed by atoms with Crippen LogP contribution in [-0.4, -0.2) is 19.0 Å². The smallest absolute Gasteiger partial charge is 0.305 e. The van der Waals surface area contributed by atoms with Crippen molar-refractivity contribution >= 4 is 5.97 Å². The van der Waals surface area contributed by atoms with Crippen molar-refractivity contribution in [2.75, 3.05) is 7.11 Å². The highest BCUT2D eigenvalue weighted by Gasteiger charge is 2.71. The summed E-state index contributed by atoms with van der Waals surface area (Å²) in [5.74, 6) is -3.46. The maximum atomic E-state index is 12.7. The highest BCUT2D eigenvalue weighted by Crippen LogP contribution is 2.66. The van der Waals surface area contributed by atoms with Crippen LogP contribution >= 0.6 is 0 Å². The van der Waals surface area contributed by atoms with Crippen LogP contribution in [0.3, 0.4) is 0 Å². The summed E-state index contributed by atoms with van der Waals surface area (Å²) in [6.07, 6.45) is 1.29. The zero-order valence-electron chi connectivity index (χ0n) is 7.43. The fourth-order valence-corrected chi connectivity index (χ4v) is 2.40. The third kappa shape index (κ3) is 1.32. The summed E-state index contributed by atoms with van der Waals surface area (Å²) >= 11 is 0. The Hall–Kier alpha value is -0.670. The first-order chi connectivity index (χ1) is 6.05. The van der Waals surface area contributed by atoms with Gasteiger partial charge in [-0.2, -0.15) is 0 Å². The van der Waals surface area contributed by atoms with Crippen LogP contribution in [0, 0.1) is 17.8 Å². The van der Waals surface area contributed by atoms with Gasteiger partial charge in [-0.05, 0) is 18.8 Å². The van der Waals surface area contributed by atoms with Crippen molar-refractivity contribution < 1.29 is 18.3 Å². The molecule has 13 heavy (non-hydrogen) atoms. The number of hydrogen-bond acceptors (Lipinski definition) is 2. The summed E-state index contributed by atoms with van der Waals surface area (Å²) in [4.78, 5) is 10.8. The molecule has 0 saturated heterocycles. The van der Waals surface area contributed by atoms with Crippen molar-refractivity contribution in [1.29, 1.82) is 0 Å². The van der Waals surface area contributed by atoms with Crippen LogP contribution in [0.5, 0.6) is 0 Å². The lowest BCUT2D eigenvalue weighted by Gasteiger charge is -2.11. The van der Waals surface area contributed by atoms with E-state index in [0.29, 0.717) is 19.3 Å². The first-order valence-electron chi connectivity index (χ1n) is 4.50. The average Bonchev–Trinajstić information content (AvgIpc) is 2.54. The Labute approximate surface area is 75.3 Å². The van der Waals surface area contributed by atoms with E-state index < -0.39 is 17.8 Å². The molecule has 74 valence electrons. The third-order valence-electron chi connectivity index (χ3n) is 3.22. The van der Waals surface area contributed by atoms with E-state index in [2.05, 4.69) is 4.74 Å². The topological polar surface area (TPSA) is 26.3 Å². The summed E-state index contributed by atoms with van der Waals surface area (Å²) < 4.78 is 29.9. The quantitative estimate of drug-likeness (QED) is 0.621. The van der Waals surface area contributed by atoms with Gasteiger partial charge in [0, 0.05) is 18.3 Å². The Morgan fingerprint density at radius 3 is 2.46 bits per heavy atom. The number of hydrogen-bond donors (Lipinski definition) is 0. The van der Waals surface area contributed by atoms with Crippen LogP contribution in [0.25, 0.3) is 0 Å². The summed E-state index contributed by atoms with van der Waals surface area (Å²) in [6.45, 7) is 0. The molecule has 2 fully saturated rings. The van der Waals surface area contributed by atoms with E-state index in [1.165, 1.54) is 7.11 Å². The molecule has 2 atom stereocenters. The molecule has 0 aromatic carbocycles. The molecule has 2 aliphatic carbocycles. The van der Waals surface area contributed by atoms with Crippen LogP contribution in [0.4, 0.5) is 8.78 Å². The molecule has 2 saturated carbocycles. The zero-order chi connectivity index (χ0) is 9.64. The normalized spacial score (nSPS) is 39.8. The van der Waals surface area contributed by atoms with Crippen molar-refractivity contribution in [2.24, 2.45) is 17.8 Å². The van der Waals surface area contributed by atoms with Gasteiger partial charge in [0.2, 0.25) is 0 Å². The minimum Gasteiger partial charge on any atom is -0.469 e. The fourth-order valence-electron chi connectivity index (χ4n) is 2.40. The van der Waals surface area contributed by atoms with Gasteiger partial charge < -0.3 is 4.74 Å². The maximum Gasteiger partial charge on any atom is 0.305 e. The third-order valence-corrected chi connectivity index (χ3v) is 3.22. The Morgan fingerprint density at radius 1 is 1.46 bits per heavy atom. The molecule has 0 amide bonds. The minimum atomic E-state index is -2.42. The molecule has 0 bridgehead atoms. The first-order valence-corrected chi connectivity index (χ1v) is 4.50. The average molecular weight is 190 g/mol. The number of alkyl halides is 2. The largest absolute Gasteiger partial charge is 0.469 e. The molecule has 4 heteroatoms. The van der Waals surface area contributed by atoms with E-state index in [4.69, 9.17) is 0 Å². The summed E-state index contributed by atoms with van der Waals surface area (Å²) in [6, 6.07) is 0. The number of halogens is 2. The Kier molecular flexibility index (Phi) is 1.82. The molecule has 0 aromatic rings. The van der Waals surface area contributed by atoms with Gasteiger partial charge in [0.05, 0.1) is 7.11 Å². The molecule has 0 aliphatic heterocycles. The van der Waals surface area contributed by atoms with Gasteiger partial charge in [-0.25, -0.2) is 8.78 Å². The van der Waals surface area contributed by atoms with Gasteiger partial charge in [-0.3, -0.25) is 4.79 Å². The molecule has 2 unspecified atom stereocenters. The number of methoxy groups -OCH3 is 1. The molecular formula is C9H12F2O2. The van der Waals surface area contributed by atoms with Crippen LogP contribution in [0.2, 0.25) is 0 Å². The number of carbonyl (C=O) groups excluding carboxylic acids is 1. The Morgan fingerprint density at radius 2 is 2.00 bits per heavy atom. The van der Waals surface area contributed by atoms with E-state index >= 15 is 0 Å². The van der Waals surface area contributed by atoms with Crippen molar-refractivity contribution in [3.63, 3.8) is 0 Å².